The molecule has 0 saturated heterocycles. The Morgan fingerprint density at radius 2 is 1.80 bits per heavy atom. The maximum atomic E-state index is 12.2. The fourth-order valence-electron chi connectivity index (χ4n) is 2.36. The Labute approximate surface area is 147 Å². The monoisotopic (exact) mass is 341 g/mol. The van der Waals surface area contributed by atoms with Gasteiger partial charge >= 0.3 is 5.97 Å². The standard InChI is InChI=1S/C19H23N3O3/c1-6-22(10-12(2)3)18(23)11-25-19(24)15-7-8-16-17(9-15)21-14(5)13(4)20-16/h7-9H,2,6,10-11H2,1,3-5H3. The lowest BCUT2D eigenvalue weighted by Gasteiger charge is -2.20. The van der Waals surface area contributed by atoms with Crippen LogP contribution in [0.15, 0.2) is 30.4 Å². The van der Waals surface area contributed by atoms with Crippen molar-refractivity contribution in [1.82, 2.24) is 14.9 Å². The van der Waals surface area contributed by atoms with E-state index in [1.165, 1.54) is 0 Å². The first kappa shape index (κ1) is 18.6. The van der Waals surface area contributed by atoms with E-state index in [1.807, 2.05) is 27.7 Å². The van der Waals surface area contributed by atoms with E-state index >= 15 is 0 Å². The summed E-state index contributed by atoms with van der Waals surface area (Å²) in [5.74, 6) is -0.799. The molecule has 0 fully saturated rings. The Kier molecular flexibility index (Phi) is 5.85. The summed E-state index contributed by atoms with van der Waals surface area (Å²) in [6.07, 6.45) is 0. The van der Waals surface area contributed by atoms with E-state index in [-0.39, 0.29) is 12.5 Å². The average Bonchev–Trinajstić information content (AvgIpc) is 2.57. The Hall–Kier alpha value is -2.76. The number of benzene rings is 1. The summed E-state index contributed by atoms with van der Waals surface area (Å²) in [7, 11) is 0. The SMILES string of the molecule is C=C(C)CN(CC)C(=O)COC(=O)c1ccc2nc(C)c(C)nc2c1. The number of hydrogen-bond acceptors (Lipinski definition) is 5. The van der Waals surface area contributed by atoms with Crippen LogP contribution in [0, 0.1) is 13.8 Å². The number of ether oxygens (including phenoxy) is 1. The van der Waals surface area contributed by atoms with Crippen LogP contribution in [0.1, 0.15) is 35.6 Å². The number of carbonyl (C=O) groups excluding carboxylic acids is 2. The molecule has 2 rings (SSSR count). The smallest absolute Gasteiger partial charge is 0.338 e. The summed E-state index contributed by atoms with van der Waals surface area (Å²) in [5, 5.41) is 0. The summed E-state index contributed by atoms with van der Waals surface area (Å²) in [6.45, 7) is 12.0. The van der Waals surface area contributed by atoms with E-state index in [4.69, 9.17) is 4.74 Å². The predicted octanol–water partition coefficient (Wildman–Crippen LogP) is 2.83. The van der Waals surface area contributed by atoms with E-state index in [1.54, 1.807) is 23.1 Å². The van der Waals surface area contributed by atoms with Crippen LogP contribution < -0.4 is 0 Å². The van der Waals surface area contributed by atoms with Crippen LogP contribution in [0.5, 0.6) is 0 Å². The molecule has 0 aliphatic carbocycles. The fourth-order valence-corrected chi connectivity index (χ4v) is 2.36. The molecule has 0 radical (unpaired) electrons. The number of esters is 1. The average molecular weight is 341 g/mol. The van der Waals surface area contributed by atoms with Crippen LogP contribution >= 0.6 is 0 Å². The fraction of sp³-hybridized carbons (Fsp3) is 0.368. The maximum absolute atomic E-state index is 12.2. The molecular weight excluding hydrogens is 318 g/mol. The van der Waals surface area contributed by atoms with E-state index in [2.05, 4.69) is 16.5 Å². The van der Waals surface area contributed by atoms with Crippen LogP contribution in [-0.4, -0.2) is 46.4 Å². The van der Waals surface area contributed by atoms with Gasteiger partial charge in [0.25, 0.3) is 5.91 Å². The third-order valence-corrected chi connectivity index (χ3v) is 3.83. The third kappa shape index (κ3) is 4.62. The van der Waals surface area contributed by atoms with Crippen LogP contribution in [-0.2, 0) is 9.53 Å². The number of aryl methyl sites for hydroxylation is 2. The van der Waals surface area contributed by atoms with Gasteiger partial charge in [0, 0.05) is 13.1 Å². The number of nitrogens with zero attached hydrogens (tertiary/aromatic N) is 3. The molecule has 0 aliphatic rings. The van der Waals surface area contributed by atoms with Crippen molar-refractivity contribution < 1.29 is 14.3 Å². The maximum Gasteiger partial charge on any atom is 0.338 e. The van der Waals surface area contributed by atoms with Gasteiger partial charge in [-0.3, -0.25) is 4.79 Å². The number of amides is 1. The van der Waals surface area contributed by atoms with Gasteiger partial charge in [-0.1, -0.05) is 12.2 Å². The molecule has 0 unspecified atom stereocenters. The minimum Gasteiger partial charge on any atom is -0.452 e. The molecule has 6 nitrogen and oxygen atoms in total. The zero-order valence-corrected chi connectivity index (χ0v) is 15.1. The Bertz CT molecular complexity index is 830. The minimum absolute atomic E-state index is 0.245. The Morgan fingerprint density at radius 1 is 1.16 bits per heavy atom. The highest BCUT2D eigenvalue weighted by Crippen LogP contribution is 2.15. The molecule has 0 spiro atoms. The number of aromatic nitrogens is 2. The van der Waals surface area contributed by atoms with Gasteiger partial charge in [0.15, 0.2) is 6.61 Å². The summed E-state index contributed by atoms with van der Waals surface area (Å²) in [4.78, 5) is 34.8. The van der Waals surface area contributed by atoms with Crippen molar-refractivity contribution in [2.75, 3.05) is 19.7 Å². The molecule has 2 aromatic rings. The van der Waals surface area contributed by atoms with Crippen LogP contribution in [0.4, 0.5) is 0 Å². The van der Waals surface area contributed by atoms with Crippen molar-refractivity contribution in [2.24, 2.45) is 0 Å². The summed E-state index contributed by atoms with van der Waals surface area (Å²) >= 11 is 0. The molecule has 0 aliphatic heterocycles. The molecule has 25 heavy (non-hydrogen) atoms. The third-order valence-electron chi connectivity index (χ3n) is 3.83. The van der Waals surface area contributed by atoms with Crippen molar-refractivity contribution in [1.29, 1.82) is 0 Å². The first-order valence-corrected chi connectivity index (χ1v) is 8.16. The lowest BCUT2D eigenvalue weighted by atomic mass is 10.2. The molecule has 0 bridgehead atoms. The molecule has 132 valence electrons. The second-order valence-electron chi connectivity index (χ2n) is 6.04. The molecule has 1 aromatic carbocycles. The molecule has 0 saturated carbocycles. The summed E-state index contributed by atoms with van der Waals surface area (Å²) in [6, 6.07) is 4.99. The number of hydrogen-bond donors (Lipinski definition) is 0. The highest BCUT2D eigenvalue weighted by atomic mass is 16.5. The van der Waals surface area contributed by atoms with E-state index in [0.29, 0.717) is 29.7 Å². The highest BCUT2D eigenvalue weighted by Gasteiger charge is 2.16. The van der Waals surface area contributed by atoms with Gasteiger partial charge in [0.1, 0.15) is 0 Å². The van der Waals surface area contributed by atoms with Crippen LogP contribution in [0.25, 0.3) is 11.0 Å². The normalized spacial score (nSPS) is 10.6. The van der Waals surface area contributed by atoms with Crippen LogP contribution in [0.2, 0.25) is 0 Å². The zero-order valence-electron chi connectivity index (χ0n) is 15.1. The molecule has 0 N–H and O–H groups in total. The van der Waals surface area contributed by atoms with E-state index < -0.39 is 5.97 Å². The van der Waals surface area contributed by atoms with Crippen molar-refractivity contribution in [3.05, 3.63) is 47.3 Å². The number of rotatable bonds is 6. The van der Waals surface area contributed by atoms with Gasteiger partial charge in [-0.25, -0.2) is 14.8 Å². The van der Waals surface area contributed by atoms with Crippen molar-refractivity contribution in [3.8, 4) is 0 Å². The Balaban J connectivity index is 2.08. The summed E-state index contributed by atoms with van der Waals surface area (Å²) < 4.78 is 5.15. The molecule has 1 aromatic heterocycles. The van der Waals surface area contributed by atoms with Gasteiger partial charge in [0.2, 0.25) is 0 Å². The molecular formula is C19H23N3O3. The van der Waals surface area contributed by atoms with E-state index in [9.17, 15) is 9.59 Å². The topological polar surface area (TPSA) is 72.4 Å². The van der Waals surface area contributed by atoms with Crippen molar-refractivity contribution >= 4 is 22.9 Å². The highest BCUT2D eigenvalue weighted by molar-refractivity contribution is 5.94. The van der Waals surface area contributed by atoms with Crippen molar-refractivity contribution in [3.63, 3.8) is 0 Å². The first-order valence-electron chi connectivity index (χ1n) is 8.16. The summed E-state index contributed by atoms with van der Waals surface area (Å²) in [5.41, 5.74) is 4.23. The van der Waals surface area contributed by atoms with Crippen LogP contribution in [0.3, 0.4) is 0 Å². The molecule has 6 heteroatoms. The lowest BCUT2D eigenvalue weighted by molar-refractivity contribution is -0.133. The zero-order chi connectivity index (χ0) is 18.6. The minimum atomic E-state index is -0.554. The second kappa shape index (κ2) is 7.88. The molecule has 1 heterocycles. The van der Waals surface area contributed by atoms with Gasteiger partial charge < -0.3 is 9.64 Å². The van der Waals surface area contributed by atoms with Gasteiger partial charge in [0.05, 0.1) is 28.0 Å². The molecule has 0 atom stereocenters. The lowest BCUT2D eigenvalue weighted by Crippen LogP contribution is -2.35. The Morgan fingerprint density at radius 3 is 2.40 bits per heavy atom. The van der Waals surface area contributed by atoms with Crippen molar-refractivity contribution in [2.45, 2.75) is 27.7 Å². The first-order chi connectivity index (χ1) is 11.8. The van der Waals surface area contributed by atoms with Gasteiger partial charge in [-0.15, -0.1) is 0 Å². The van der Waals surface area contributed by atoms with E-state index in [0.717, 1.165) is 17.0 Å². The largest absolute Gasteiger partial charge is 0.452 e. The second-order valence-corrected chi connectivity index (χ2v) is 6.04. The molecule has 1 amide bonds. The number of fused-ring (bicyclic) bond motifs is 1. The number of likely N-dealkylation sites (N-methyl/N-ethyl adjacent to an activating group) is 1. The quantitative estimate of drug-likeness (QED) is 0.597. The van der Waals surface area contributed by atoms with Gasteiger partial charge in [-0.2, -0.15) is 0 Å². The number of carbonyl (C=O) groups is 2. The predicted molar refractivity (Wildman–Crippen MR) is 96.4 cm³/mol. The van der Waals surface area contributed by atoms with Gasteiger partial charge in [-0.05, 0) is 45.9 Å².